The van der Waals surface area contributed by atoms with Crippen molar-refractivity contribution in [3.8, 4) is 5.75 Å². The molecule has 186 valence electrons. The molecule has 4 aromatic rings. The van der Waals surface area contributed by atoms with Gasteiger partial charge in [-0.15, -0.1) is 0 Å². The second kappa shape index (κ2) is 11.5. The minimum absolute atomic E-state index is 0.246. The molecule has 0 radical (unpaired) electrons. The van der Waals surface area contributed by atoms with Crippen LogP contribution in [0.1, 0.15) is 12.8 Å². The molecule has 5 rings (SSSR count). The number of anilines is 2. The number of halogens is 2. The number of likely N-dealkylation sites (tertiary alicyclic amines) is 1. The van der Waals surface area contributed by atoms with E-state index in [1.807, 2.05) is 54.6 Å². The predicted octanol–water partition coefficient (Wildman–Crippen LogP) is 6.58. The molecule has 1 aromatic heterocycles. The molecule has 1 unspecified atom stereocenters. The number of aromatic nitrogens is 1. The molecule has 0 saturated carbocycles. The van der Waals surface area contributed by atoms with E-state index >= 15 is 0 Å². The third kappa shape index (κ3) is 5.93. The van der Waals surface area contributed by atoms with E-state index in [4.69, 9.17) is 27.9 Å². The van der Waals surface area contributed by atoms with Crippen LogP contribution in [0.2, 0.25) is 10.0 Å². The summed E-state index contributed by atoms with van der Waals surface area (Å²) in [6.45, 7) is 2.63. The van der Waals surface area contributed by atoms with Gasteiger partial charge in [-0.2, -0.15) is 0 Å². The summed E-state index contributed by atoms with van der Waals surface area (Å²) in [5, 5.41) is 13.1. The van der Waals surface area contributed by atoms with Crippen molar-refractivity contribution in [2.24, 2.45) is 0 Å². The Morgan fingerprint density at radius 1 is 0.889 bits per heavy atom. The lowest BCUT2D eigenvalue weighted by molar-refractivity contribution is 0.0602. The van der Waals surface area contributed by atoms with E-state index in [1.54, 1.807) is 6.20 Å². The number of β-amino-alcohol motifs (C(OH)–C–C–N with tert-alkyl or cyclic N) is 1. The van der Waals surface area contributed by atoms with Gasteiger partial charge >= 0.3 is 0 Å². The number of aliphatic hydroxyl groups is 1. The summed E-state index contributed by atoms with van der Waals surface area (Å²) in [4.78, 5) is 9.06. The van der Waals surface area contributed by atoms with Gasteiger partial charge in [0.1, 0.15) is 18.5 Å². The Labute approximate surface area is 221 Å². The van der Waals surface area contributed by atoms with E-state index < -0.39 is 6.10 Å². The van der Waals surface area contributed by atoms with Crippen LogP contribution < -0.4 is 9.64 Å². The van der Waals surface area contributed by atoms with E-state index in [1.165, 1.54) is 0 Å². The summed E-state index contributed by atoms with van der Waals surface area (Å²) in [6, 6.07) is 26.0. The fraction of sp³-hybridized carbons (Fsp3) is 0.276. The van der Waals surface area contributed by atoms with Gasteiger partial charge in [0.05, 0.1) is 5.52 Å². The van der Waals surface area contributed by atoms with Crippen LogP contribution in [0.25, 0.3) is 10.9 Å². The minimum Gasteiger partial charge on any atom is -0.490 e. The SMILES string of the molecule is OC(COc1cccc2ncccc12)CN1CCC(N(c2ccc(Cl)cc2)c2ccc(Cl)cc2)CC1. The first-order chi connectivity index (χ1) is 17.6. The number of aliphatic hydroxyl groups excluding tert-OH is 1. The lowest BCUT2D eigenvalue weighted by Gasteiger charge is -2.40. The van der Waals surface area contributed by atoms with Gasteiger partial charge in [0.25, 0.3) is 0 Å². The number of ether oxygens (including phenoxy) is 1. The van der Waals surface area contributed by atoms with E-state index in [2.05, 4.69) is 39.0 Å². The number of nitrogens with zero attached hydrogens (tertiary/aromatic N) is 3. The quantitative estimate of drug-likeness (QED) is 0.283. The highest BCUT2D eigenvalue weighted by Gasteiger charge is 2.27. The molecular weight excluding hydrogens is 493 g/mol. The summed E-state index contributed by atoms with van der Waals surface area (Å²) in [5.41, 5.74) is 3.11. The van der Waals surface area contributed by atoms with Crippen molar-refractivity contribution in [3.05, 3.63) is 95.1 Å². The summed E-state index contributed by atoms with van der Waals surface area (Å²) in [6.07, 6.45) is 3.16. The van der Waals surface area contributed by atoms with Crippen molar-refractivity contribution in [1.29, 1.82) is 0 Å². The first kappa shape index (κ1) is 24.8. The van der Waals surface area contributed by atoms with Crippen LogP contribution in [-0.2, 0) is 0 Å². The van der Waals surface area contributed by atoms with E-state index in [0.717, 1.165) is 64.0 Å². The number of fused-ring (bicyclic) bond motifs is 1. The number of rotatable bonds is 8. The van der Waals surface area contributed by atoms with Crippen LogP contribution in [0.3, 0.4) is 0 Å². The van der Waals surface area contributed by atoms with Crippen molar-refractivity contribution in [2.75, 3.05) is 31.1 Å². The Kier molecular flexibility index (Phi) is 7.93. The zero-order chi connectivity index (χ0) is 24.9. The van der Waals surface area contributed by atoms with Gasteiger partial charge in [0, 0.05) is 58.7 Å². The van der Waals surface area contributed by atoms with Crippen LogP contribution in [0, 0.1) is 0 Å². The summed E-state index contributed by atoms with van der Waals surface area (Å²) >= 11 is 12.3. The summed E-state index contributed by atoms with van der Waals surface area (Å²) < 4.78 is 5.97. The van der Waals surface area contributed by atoms with Crippen LogP contribution in [0.15, 0.2) is 85.1 Å². The molecule has 0 amide bonds. The molecule has 1 atom stereocenters. The monoisotopic (exact) mass is 521 g/mol. The van der Waals surface area contributed by atoms with Crippen molar-refractivity contribution in [2.45, 2.75) is 25.0 Å². The molecule has 5 nitrogen and oxygen atoms in total. The molecular formula is C29H29Cl2N3O2. The second-order valence-corrected chi connectivity index (χ2v) is 10.0. The number of hydrogen-bond donors (Lipinski definition) is 1. The molecule has 2 heterocycles. The third-order valence-electron chi connectivity index (χ3n) is 6.64. The minimum atomic E-state index is -0.572. The maximum atomic E-state index is 10.7. The standard InChI is InChI=1S/C29H29Cl2N3O2/c30-21-6-10-23(11-7-21)34(24-12-8-22(31)9-13-24)25-14-17-33(18-15-25)19-26(35)20-36-29-5-1-4-28-27(29)3-2-16-32-28/h1-13,16,25-26,35H,14-15,17-20H2. The van der Waals surface area contributed by atoms with Crippen molar-refractivity contribution in [1.82, 2.24) is 9.88 Å². The Morgan fingerprint density at radius 2 is 1.53 bits per heavy atom. The third-order valence-corrected chi connectivity index (χ3v) is 7.14. The second-order valence-electron chi connectivity index (χ2n) is 9.15. The normalized spacial score (nSPS) is 15.6. The molecule has 1 saturated heterocycles. The molecule has 1 N–H and O–H groups in total. The Hall–Kier alpha value is -2.83. The van der Waals surface area contributed by atoms with Gasteiger partial charge in [-0.05, 0) is 85.6 Å². The molecule has 0 aliphatic carbocycles. The molecule has 1 aliphatic rings. The molecule has 1 aliphatic heterocycles. The average Bonchev–Trinajstić information content (AvgIpc) is 2.91. The lowest BCUT2D eigenvalue weighted by Crippen LogP contribution is -2.46. The van der Waals surface area contributed by atoms with Gasteiger partial charge in [-0.25, -0.2) is 0 Å². The molecule has 36 heavy (non-hydrogen) atoms. The summed E-state index contributed by atoms with van der Waals surface area (Å²) in [7, 11) is 0. The number of piperidine rings is 1. The lowest BCUT2D eigenvalue weighted by atomic mass is 10.0. The van der Waals surface area contributed by atoms with Crippen LogP contribution in [0.4, 0.5) is 11.4 Å². The van der Waals surface area contributed by atoms with Crippen molar-refractivity contribution in [3.63, 3.8) is 0 Å². The zero-order valence-corrected chi connectivity index (χ0v) is 21.4. The highest BCUT2D eigenvalue weighted by Crippen LogP contribution is 2.33. The maximum Gasteiger partial charge on any atom is 0.128 e. The smallest absolute Gasteiger partial charge is 0.128 e. The molecule has 0 spiro atoms. The highest BCUT2D eigenvalue weighted by molar-refractivity contribution is 6.31. The largest absolute Gasteiger partial charge is 0.490 e. The Morgan fingerprint density at radius 3 is 2.17 bits per heavy atom. The van der Waals surface area contributed by atoms with Crippen molar-refractivity contribution >= 4 is 45.5 Å². The number of pyridine rings is 1. The summed E-state index contributed by atoms with van der Waals surface area (Å²) in [5.74, 6) is 0.750. The van der Waals surface area contributed by atoms with E-state index in [9.17, 15) is 5.11 Å². The number of benzene rings is 3. The average molecular weight is 522 g/mol. The zero-order valence-electron chi connectivity index (χ0n) is 19.9. The van der Waals surface area contributed by atoms with Crippen LogP contribution in [-0.4, -0.2) is 53.4 Å². The highest BCUT2D eigenvalue weighted by atomic mass is 35.5. The molecule has 1 fully saturated rings. The molecule has 0 bridgehead atoms. The Balaban J connectivity index is 1.19. The van der Waals surface area contributed by atoms with Crippen LogP contribution >= 0.6 is 23.2 Å². The molecule has 3 aromatic carbocycles. The van der Waals surface area contributed by atoms with Gasteiger partial charge in [-0.1, -0.05) is 29.3 Å². The first-order valence-electron chi connectivity index (χ1n) is 12.2. The van der Waals surface area contributed by atoms with E-state index in [0.29, 0.717) is 12.6 Å². The van der Waals surface area contributed by atoms with Gasteiger partial charge in [-0.3, -0.25) is 4.98 Å². The predicted molar refractivity (Wildman–Crippen MR) is 148 cm³/mol. The van der Waals surface area contributed by atoms with Gasteiger partial charge in [0.15, 0.2) is 0 Å². The Bertz CT molecular complexity index is 1230. The van der Waals surface area contributed by atoms with Gasteiger partial charge in [0.2, 0.25) is 0 Å². The van der Waals surface area contributed by atoms with E-state index in [-0.39, 0.29) is 6.61 Å². The van der Waals surface area contributed by atoms with Crippen LogP contribution in [0.5, 0.6) is 5.75 Å². The van der Waals surface area contributed by atoms with Crippen molar-refractivity contribution < 1.29 is 9.84 Å². The maximum absolute atomic E-state index is 10.7. The number of hydrogen-bond acceptors (Lipinski definition) is 5. The fourth-order valence-corrected chi connectivity index (χ4v) is 5.12. The van der Waals surface area contributed by atoms with Gasteiger partial charge < -0.3 is 19.6 Å². The molecule has 7 heteroatoms. The first-order valence-corrected chi connectivity index (χ1v) is 13.0. The topological polar surface area (TPSA) is 48.8 Å². The fourth-order valence-electron chi connectivity index (χ4n) is 4.87.